The van der Waals surface area contributed by atoms with Crippen molar-refractivity contribution < 1.29 is 4.39 Å². The van der Waals surface area contributed by atoms with Crippen LogP contribution in [0.4, 0.5) is 10.1 Å². The third-order valence-corrected chi connectivity index (χ3v) is 3.12. The number of thiocarbonyl (C=S) groups is 1. The lowest BCUT2D eigenvalue weighted by Gasteiger charge is -2.10. The number of halogens is 2. The molecule has 6 heteroatoms. The molecule has 2 rings (SSSR count). The summed E-state index contributed by atoms with van der Waals surface area (Å²) in [7, 11) is 0. The van der Waals surface area contributed by atoms with E-state index >= 15 is 0 Å². The summed E-state index contributed by atoms with van der Waals surface area (Å²) in [6.07, 6.45) is 2.51. The van der Waals surface area contributed by atoms with Gasteiger partial charge in [0.15, 0.2) is 5.11 Å². The fourth-order valence-electron chi connectivity index (χ4n) is 1.60. The molecule has 0 saturated heterocycles. The van der Waals surface area contributed by atoms with Crippen molar-refractivity contribution >= 4 is 34.6 Å². The minimum Gasteiger partial charge on any atom is -0.362 e. The van der Waals surface area contributed by atoms with Gasteiger partial charge in [-0.2, -0.15) is 0 Å². The molecule has 0 atom stereocenters. The largest absolute Gasteiger partial charge is 0.362 e. The normalized spacial score (nSPS) is 10.1. The van der Waals surface area contributed by atoms with Crippen molar-refractivity contribution in [2.24, 2.45) is 0 Å². The van der Waals surface area contributed by atoms with Crippen LogP contribution in [0.1, 0.15) is 5.69 Å². The Morgan fingerprint density at radius 1 is 1.30 bits per heavy atom. The first-order valence-electron chi connectivity index (χ1n) is 6.05. The molecule has 1 aromatic heterocycles. The summed E-state index contributed by atoms with van der Waals surface area (Å²) in [5, 5.41) is 6.46. The summed E-state index contributed by atoms with van der Waals surface area (Å²) in [5.74, 6) is -0.479. The van der Waals surface area contributed by atoms with Crippen LogP contribution in [0, 0.1) is 5.82 Å². The molecule has 0 spiro atoms. The molecule has 2 N–H and O–H groups in total. The summed E-state index contributed by atoms with van der Waals surface area (Å²) in [5.41, 5.74) is 1.54. The van der Waals surface area contributed by atoms with Gasteiger partial charge in [0.25, 0.3) is 0 Å². The van der Waals surface area contributed by atoms with Gasteiger partial charge in [0.2, 0.25) is 0 Å². The van der Waals surface area contributed by atoms with Gasteiger partial charge in [-0.1, -0.05) is 17.7 Å². The number of rotatable bonds is 4. The molecule has 0 fully saturated rings. The zero-order valence-corrected chi connectivity index (χ0v) is 12.1. The minimum atomic E-state index is -0.479. The first-order valence-corrected chi connectivity index (χ1v) is 6.83. The lowest BCUT2D eigenvalue weighted by Crippen LogP contribution is -2.30. The van der Waals surface area contributed by atoms with E-state index < -0.39 is 5.82 Å². The molecule has 0 radical (unpaired) electrons. The highest BCUT2D eigenvalue weighted by Crippen LogP contribution is 2.18. The zero-order valence-electron chi connectivity index (χ0n) is 10.6. The van der Waals surface area contributed by atoms with Crippen molar-refractivity contribution in [2.75, 3.05) is 11.9 Å². The van der Waals surface area contributed by atoms with E-state index in [1.165, 1.54) is 12.1 Å². The number of hydrogen-bond acceptors (Lipinski definition) is 2. The molecule has 1 heterocycles. The van der Waals surface area contributed by atoms with Gasteiger partial charge >= 0.3 is 0 Å². The Morgan fingerprint density at radius 2 is 2.15 bits per heavy atom. The molecule has 104 valence electrons. The molecule has 0 bridgehead atoms. The topological polar surface area (TPSA) is 37.0 Å². The number of hydrogen-bond donors (Lipinski definition) is 2. The minimum absolute atomic E-state index is 0.0876. The van der Waals surface area contributed by atoms with Gasteiger partial charge in [0, 0.05) is 30.5 Å². The third-order valence-electron chi connectivity index (χ3n) is 2.57. The highest BCUT2D eigenvalue weighted by atomic mass is 35.5. The van der Waals surface area contributed by atoms with Crippen molar-refractivity contribution in [1.82, 2.24) is 10.3 Å². The van der Waals surface area contributed by atoms with Gasteiger partial charge in [-0.05, 0) is 42.5 Å². The number of nitrogens with one attached hydrogen (secondary N) is 2. The fourth-order valence-corrected chi connectivity index (χ4v) is 1.94. The summed E-state index contributed by atoms with van der Waals surface area (Å²) in [4.78, 5) is 4.21. The van der Waals surface area contributed by atoms with Gasteiger partial charge in [-0.3, -0.25) is 4.98 Å². The quantitative estimate of drug-likeness (QED) is 0.849. The molecule has 0 saturated carbocycles. The summed E-state index contributed by atoms with van der Waals surface area (Å²) in [6, 6.07) is 10.2. The molecular weight excluding hydrogens is 297 g/mol. The van der Waals surface area contributed by atoms with Crippen LogP contribution in [0.2, 0.25) is 5.02 Å². The summed E-state index contributed by atoms with van der Waals surface area (Å²) in [6.45, 7) is 0.652. The van der Waals surface area contributed by atoms with Crippen molar-refractivity contribution in [3.8, 4) is 0 Å². The van der Waals surface area contributed by atoms with Crippen LogP contribution >= 0.6 is 23.8 Å². The van der Waals surface area contributed by atoms with Crippen LogP contribution in [0.3, 0.4) is 0 Å². The Morgan fingerprint density at radius 3 is 2.85 bits per heavy atom. The second-order valence-corrected chi connectivity index (χ2v) is 4.90. The van der Waals surface area contributed by atoms with Crippen LogP contribution in [0.5, 0.6) is 0 Å². The average molecular weight is 310 g/mol. The van der Waals surface area contributed by atoms with Crippen LogP contribution < -0.4 is 10.6 Å². The second kappa shape index (κ2) is 7.17. The fraction of sp³-hybridized carbons (Fsp3) is 0.143. The molecule has 0 aliphatic rings. The standard InChI is InChI=1S/C14H13ClFN3S/c15-12-5-4-11(9-13(12)16)19-14(20)18-8-6-10-3-1-2-7-17-10/h1-5,7,9H,6,8H2,(H2,18,19,20). The zero-order chi connectivity index (χ0) is 14.4. The van der Waals surface area contributed by atoms with E-state index in [1.54, 1.807) is 12.3 Å². The molecule has 0 aliphatic carbocycles. The Balaban J connectivity index is 1.79. The average Bonchev–Trinajstić information content (AvgIpc) is 2.44. The Kier molecular flexibility index (Phi) is 5.26. The van der Waals surface area contributed by atoms with E-state index in [0.717, 1.165) is 12.1 Å². The molecule has 1 aromatic carbocycles. The van der Waals surface area contributed by atoms with Gasteiger partial charge in [0.05, 0.1) is 5.02 Å². The van der Waals surface area contributed by atoms with Crippen molar-refractivity contribution in [2.45, 2.75) is 6.42 Å². The third kappa shape index (κ3) is 4.43. The maximum atomic E-state index is 13.3. The van der Waals surface area contributed by atoms with Gasteiger partial charge < -0.3 is 10.6 Å². The van der Waals surface area contributed by atoms with E-state index in [0.29, 0.717) is 17.3 Å². The lowest BCUT2D eigenvalue weighted by molar-refractivity contribution is 0.629. The van der Waals surface area contributed by atoms with Gasteiger partial charge in [-0.25, -0.2) is 4.39 Å². The Labute approximate surface area is 127 Å². The number of pyridine rings is 1. The molecular formula is C14H13ClFN3S. The van der Waals surface area contributed by atoms with Crippen molar-refractivity contribution in [3.63, 3.8) is 0 Å². The SMILES string of the molecule is Fc1cc(NC(=S)NCCc2ccccn2)ccc1Cl. The Bertz CT molecular complexity index is 592. The number of benzene rings is 1. The van der Waals surface area contributed by atoms with Crippen LogP contribution in [-0.4, -0.2) is 16.6 Å². The first-order chi connectivity index (χ1) is 9.65. The van der Waals surface area contributed by atoms with Crippen LogP contribution in [0.15, 0.2) is 42.6 Å². The molecule has 3 nitrogen and oxygen atoms in total. The maximum Gasteiger partial charge on any atom is 0.170 e. The highest BCUT2D eigenvalue weighted by Gasteiger charge is 2.02. The van der Waals surface area contributed by atoms with E-state index in [9.17, 15) is 4.39 Å². The molecule has 0 amide bonds. The van der Waals surface area contributed by atoms with E-state index in [2.05, 4.69) is 15.6 Å². The number of aromatic nitrogens is 1. The predicted molar refractivity (Wildman–Crippen MR) is 83.6 cm³/mol. The van der Waals surface area contributed by atoms with Crippen molar-refractivity contribution in [1.29, 1.82) is 0 Å². The molecule has 2 aromatic rings. The van der Waals surface area contributed by atoms with Crippen molar-refractivity contribution in [3.05, 3.63) is 59.1 Å². The second-order valence-electron chi connectivity index (χ2n) is 4.08. The van der Waals surface area contributed by atoms with Crippen LogP contribution in [-0.2, 0) is 6.42 Å². The van der Waals surface area contributed by atoms with E-state index in [4.69, 9.17) is 23.8 Å². The summed E-state index contributed by atoms with van der Waals surface area (Å²) < 4.78 is 13.3. The molecule has 0 aliphatic heterocycles. The smallest absolute Gasteiger partial charge is 0.170 e. The predicted octanol–water partition coefficient (Wildman–Crippen LogP) is 3.40. The van der Waals surface area contributed by atoms with Crippen LogP contribution in [0.25, 0.3) is 0 Å². The first kappa shape index (κ1) is 14.7. The monoisotopic (exact) mass is 309 g/mol. The van der Waals surface area contributed by atoms with E-state index in [-0.39, 0.29) is 5.02 Å². The molecule has 0 unspecified atom stereocenters. The molecule has 20 heavy (non-hydrogen) atoms. The maximum absolute atomic E-state index is 13.3. The lowest BCUT2D eigenvalue weighted by atomic mass is 10.3. The van der Waals surface area contributed by atoms with E-state index in [1.807, 2.05) is 18.2 Å². The Hall–Kier alpha value is -1.72. The van der Waals surface area contributed by atoms with Gasteiger partial charge in [0.1, 0.15) is 5.82 Å². The van der Waals surface area contributed by atoms with Gasteiger partial charge in [-0.15, -0.1) is 0 Å². The highest BCUT2D eigenvalue weighted by molar-refractivity contribution is 7.80. The summed E-state index contributed by atoms with van der Waals surface area (Å²) >= 11 is 10.7. The number of anilines is 1. The number of nitrogens with zero attached hydrogens (tertiary/aromatic N) is 1.